The van der Waals surface area contributed by atoms with Crippen molar-refractivity contribution in [2.75, 3.05) is 31.2 Å². The van der Waals surface area contributed by atoms with Crippen molar-refractivity contribution in [1.82, 2.24) is 5.32 Å². The van der Waals surface area contributed by atoms with Crippen LogP contribution in [0.5, 0.6) is 0 Å². The Morgan fingerprint density at radius 3 is 2.75 bits per heavy atom. The summed E-state index contributed by atoms with van der Waals surface area (Å²) in [7, 11) is 0. The first-order chi connectivity index (χ1) is 7.65. The van der Waals surface area contributed by atoms with Gasteiger partial charge in [-0.3, -0.25) is 4.79 Å². The normalized spacial score (nSPS) is 32.9. The molecule has 4 nitrogen and oxygen atoms in total. The molecule has 2 saturated heterocycles. The highest BCUT2D eigenvalue weighted by Gasteiger charge is 2.60. The summed E-state index contributed by atoms with van der Waals surface area (Å²) >= 11 is 1.73. The van der Waals surface area contributed by atoms with Crippen LogP contribution in [-0.4, -0.2) is 47.9 Å². The van der Waals surface area contributed by atoms with E-state index in [4.69, 9.17) is 4.74 Å². The molecule has 1 atom stereocenters. The Labute approximate surface area is 100 Å². The van der Waals surface area contributed by atoms with Gasteiger partial charge in [-0.05, 0) is 25.5 Å². The van der Waals surface area contributed by atoms with Crippen molar-refractivity contribution in [1.29, 1.82) is 0 Å². The lowest BCUT2D eigenvalue weighted by Gasteiger charge is -2.52. The standard InChI is InChI=1S/C11H19NO3S/c1-2-15-9(13)10(6-12-7-10)11(14)4-3-5-16-8-11/h12,14H,2-8H2,1H3. The molecule has 0 amide bonds. The summed E-state index contributed by atoms with van der Waals surface area (Å²) in [6.07, 6.45) is 1.68. The van der Waals surface area contributed by atoms with Crippen LogP contribution in [0.1, 0.15) is 19.8 Å². The van der Waals surface area contributed by atoms with Gasteiger partial charge in [0.1, 0.15) is 5.41 Å². The third kappa shape index (κ3) is 1.75. The van der Waals surface area contributed by atoms with Gasteiger partial charge in [-0.25, -0.2) is 0 Å². The van der Waals surface area contributed by atoms with Crippen molar-refractivity contribution in [3.63, 3.8) is 0 Å². The summed E-state index contributed by atoms with van der Waals surface area (Å²) in [5.41, 5.74) is -1.58. The first-order valence-electron chi connectivity index (χ1n) is 5.83. The molecule has 0 bridgehead atoms. The number of rotatable bonds is 3. The zero-order valence-corrected chi connectivity index (χ0v) is 10.4. The van der Waals surface area contributed by atoms with E-state index < -0.39 is 11.0 Å². The molecule has 0 aliphatic carbocycles. The first-order valence-corrected chi connectivity index (χ1v) is 6.98. The van der Waals surface area contributed by atoms with Gasteiger partial charge in [0.15, 0.2) is 0 Å². The van der Waals surface area contributed by atoms with Crippen molar-refractivity contribution in [3.05, 3.63) is 0 Å². The molecule has 0 aromatic carbocycles. The van der Waals surface area contributed by atoms with E-state index in [0.717, 1.165) is 12.2 Å². The Hall–Kier alpha value is -0.260. The van der Waals surface area contributed by atoms with Crippen molar-refractivity contribution in [2.24, 2.45) is 5.41 Å². The van der Waals surface area contributed by atoms with Crippen LogP contribution in [-0.2, 0) is 9.53 Å². The fourth-order valence-corrected chi connectivity index (χ4v) is 3.72. The number of nitrogens with one attached hydrogen (secondary N) is 1. The average molecular weight is 245 g/mol. The molecule has 92 valence electrons. The van der Waals surface area contributed by atoms with E-state index in [2.05, 4.69) is 5.32 Å². The van der Waals surface area contributed by atoms with Crippen LogP contribution in [0.2, 0.25) is 0 Å². The maximum Gasteiger partial charge on any atom is 0.317 e. The fourth-order valence-electron chi connectivity index (χ4n) is 2.46. The van der Waals surface area contributed by atoms with Gasteiger partial charge in [0.25, 0.3) is 0 Å². The van der Waals surface area contributed by atoms with Gasteiger partial charge in [-0.1, -0.05) is 0 Å². The van der Waals surface area contributed by atoms with Gasteiger partial charge >= 0.3 is 5.97 Å². The fraction of sp³-hybridized carbons (Fsp3) is 0.909. The lowest BCUT2D eigenvalue weighted by molar-refractivity contribution is -0.182. The average Bonchev–Trinajstić information content (AvgIpc) is 2.16. The van der Waals surface area contributed by atoms with Crippen LogP contribution in [0.25, 0.3) is 0 Å². The Kier molecular flexibility index (Phi) is 3.47. The molecule has 5 heteroatoms. The second kappa shape index (κ2) is 4.55. The van der Waals surface area contributed by atoms with Gasteiger partial charge in [0.2, 0.25) is 0 Å². The number of thioether (sulfide) groups is 1. The monoisotopic (exact) mass is 245 g/mol. The lowest BCUT2D eigenvalue weighted by atomic mass is 9.66. The number of hydrogen-bond donors (Lipinski definition) is 2. The molecular weight excluding hydrogens is 226 g/mol. The Balaban J connectivity index is 2.16. The summed E-state index contributed by atoms with van der Waals surface area (Å²) < 4.78 is 5.12. The van der Waals surface area contributed by atoms with E-state index in [9.17, 15) is 9.90 Å². The van der Waals surface area contributed by atoms with Crippen LogP contribution in [0.4, 0.5) is 0 Å². The van der Waals surface area contributed by atoms with Crippen molar-refractivity contribution >= 4 is 17.7 Å². The van der Waals surface area contributed by atoms with Gasteiger partial charge < -0.3 is 15.2 Å². The predicted molar refractivity (Wildman–Crippen MR) is 63.4 cm³/mol. The number of ether oxygens (including phenoxy) is 1. The minimum absolute atomic E-state index is 0.237. The Morgan fingerprint density at radius 1 is 1.56 bits per heavy atom. The third-order valence-electron chi connectivity index (χ3n) is 3.63. The Morgan fingerprint density at radius 2 is 2.31 bits per heavy atom. The molecule has 2 rings (SSSR count). The van der Waals surface area contributed by atoms with Crippen molar-refractivity contribution in [2.45, 2.75) is 25.4 Å². The summed E-state index contributed by atoms with van der Waals surface area (Å²) in [5.74, 6) is 1.49. The molecule has 0 saturated carbocycles. The molecule has 2 heterocycles. The quantitative estimate of drug-likeness (QED) is 0.705. The van der Waals surface area contributed by atoms with Crippen molar-refractivity contribution in [3.8, 4) is 0 Å². The van der Waals surface area contributed by atoms with E-state index >= 15 is 0 Å². The zero-order chi connectivity index (χ0) is 11.6. The third-order valence-corrected chi connectivity index (χ3v) is 4.89. The highest BCUT2D eigenvalue weighted by Crippen LogP contribution is 2.44. The summed E-state index contributed by atoms with van der Waals surface area (Å²) in [6.45, 7) is 3.27. The lowest BCUT2D eigenvalue weighted by Crippen LogP contribution is -2.71. The summed E-state index contributed by atoms with van der Waals surface area (Å²) in [5, 5.41) is 13.8. The molecule has 16 heavy (non-hydrogen) atoms. The summed E-state index contributed by atoms with van der Waals surface area (Å²) in [6, 6.07) is 0. The molecule has 2 fully saturated rings. The van der Waals surface area contributed by atoms with Crippen LogP contribution in [0.3, 0.4) is 0 Å². The minimum Gasteiger partial charge on any atom is -0.465 e. The number of carbonyl (C=O) groups is 1. The van der Waals surface area contributed by atoms with Crippen LogP contribution < -0.4 is 5.32 Å². The zero-order valence-electron chi connectivity index (χ0n) is 9.62. The highest BCUT2D eigenvalue weighted by molar-refractivity contribution is 7.99. The number of carbonyl (C=O) groups excluding carboxylic acids is 1. The Bertz CT molecular complexity index is 272. The van der Waals surface area contributed by atoms with Gasteiger partial charge in [0, 0.05) is 18.8 Å². The SMILES string of the molecule is CCOC(=O)C1(C2(O)CCCSC2)CNC1. The van der Waals surface area contributed by atoms with E-state index in [1.807, 2.05) is 0 Å². The maximum absolute atomic E-state index is 12.0. The van der Waals surface area contributed by atoms with Crippen LogP contribution in [0, 0.1) is 5.41 Å². The van der Waals surface area contributed by atoms with Crippen molar-refractivity contribution < 1.29 is 14.6 Å². The molecule has 0 radical (unpaired) electrons. The molecular formula is C11H19NO3S. The molecule has 0 aromatic heterocycles. The predicted octanol–water partition coefficient (Wildman–Crippen LogP) is 0.397. The second-order valence-electron chi connectivity index (χ2n) is 4.59. The van der Waals surface area contributed by atoms with Crippen LogP contribution >= 0.6 is 11.8 Å². The van der Waals surface area contributed by atoms with Gasteiger partial charge in [-0.2, -0.15) is 11.8 Å². The molecule has 2 aliphatic heterocycles. The maximum atomic E-state index is 12.0. The van der Waals surface area contributed by atoms with Gasteiger partial charge in [0.05, 0.1) is 12.2 Å². The van der Waals surface area contributed by atoms with E-state index in [1.54, 1.807) is 18.7 Å². The first kappa shape index (κ1) is 12.2. The molecule has 2 aliphatic rings. The van der Waals surface area contributed by atoms with E-state index in [1.165, 1.54) is 0 Å². The topological polar surface area (TPSA) is 58.6 Å². The highest BCUT2D eigenvalue weighted by atomic mass is 32.2. The summed E-state index contributed by atoms with van der Waals surface area (Å²) in [4.78, 5) is 12.0. The minimum atomic E-state index is -0.882. The molecule has 2 N–H and O–H groups in total. The van der Waals surface area contributed by atoms with E-state index in [-0.39, 0.29) is 5.97 Å². The largest absolute Gasteiger partial charge is 0.465 e. The number of esters is 1. The van der Waals surface area contributed by atoms with E-state index in [0.29, 0.717) is 31.9 Å². The molecule has 0 spiro atoms. The molecule has 0 aromatic rings. The molecule has 1 unspecified atom stereocenters. The van der Waals surface area contributed by atoms with Crippen LogP contribution in [0.15, 0.2) is 0 Å². The smallest absolute Gasteiger partial charge is 0.317 e. The number of hydrogen-bond acceptors (Lipinski definition) is 5. The number of aliphatic hydroxyl groups is 1. The second-order valence-corrected chi connectivity index (χ2v) is 5.70. The van der Waals surface area contributed by atoms with Gasteiger partial charge in [-0.15, -0.1) is 0 Å².